The lowest BCUT2D eigenvalue weighted by Gasteiger charge is -2.11. The van der Waals surface area contributed by atoms with Crippen LogP contribution in [0.1, 0.15) is 18.5 Å². The first-order valence-electron chi connectivity index (χ1n) is 5.65. The van der Waals surface area contributed by atoms with Crippen LogP contribution < -0.4 is 10.5 Å². The molecule has 0 aliphatic carbocycles. The van der Waals surface area contributed by atoms with Crippen LogP contribution in [0, 0.1) is 0 Å². The highest BCUT2D eigenvalue weighted by molar-refractivity contribution is 6.43. The SMILES string of the molecule is CC(N)c1cccc(Oc2cc(Cl)c(Cl)cc2Cl)c1. The predicted octanol–water partition coefficient (Wildman–Crippen LogP) is 5.46. The Hall–Kier alpha value is -0.930. The molecule has 0 aliphatic rings. The van der Waals surface area contributed by atoms with E-state index in [0.29, 0.717) is 26.6 Å². The zero-order valence-corrected chi connectivity index (χ0v) is 12.4. The van der Waals surface area contributed by atoms with Crippen molar-refractivity contribution in [2.24, 2.45) is 5.73 Å². The van der Waals surface area contributed by atoms with Crippen molar-refractivity contribution in [1.29, 1.82) is 0 Å². The van der Waals surface area contributed by atoms with Crippen LogP contribution in [0.25, 0.3) is 0 Å². The molecule has 0 aliphatic heterocycles. The van der Waals surface area contributed by atoms with E-state index in [1.54, 1.807) is 12.1 Å². The maximum atomic E-state index is 6.06. The minimum absolute atomic E-state index is 0.0622. The van der Waals surface area contributed by atoms with Crippen LogP contribution in [-0.2, 0) is 0 Å². The smallest absolute Gasteiger partial charge is 0.147 e. The van der Waals surface area contributed by atoms with Crippen molar-refractivity contribution in [2.45, 2.75) is 13.0 Å². The maximum absolute atomic E-state index is 6.06. The second kappa shape index (κ2) is 6.02. The molecular weight excluding hydrogens is 305 g/mol. The second-order valence-electron chi connectivity index (χ2n) is 4.16. The molecule has 0 saturated heterocycles. The molecule has 0 radical (unpaired) electrons. The van der Waals surface area contributed by atoms with Gasteiger partial charge in [-0.25, -0.2) is 0 Å². The van der Waals surface area contributed by atoms with Gasteiger partial charge in [0.2, 0.25) is 0 Å². The van der Waals surface area contributed by atoms with Crippen LogP contribution in [-0.4, -0.2) is 0 Å². The van der Waals surface area contributed by atoms with Crippen LogP contribution in [0.5, 0.6) is 11.5 Å². The van der Waals surface area contributed by atoms with Crippen molar-refractivity contribution in [3.05, 3.63) is 57.0 Å². The average molecular weight is 317 g/mol. The Morgan fingerprint density at radius 2 is 1.68 bits per heavy atom. The Morgan fingerprint density at radius 1 is 1.00 bits per heavy atom. The summed E-state index contributed by atoms with van der Waals surface area (Å²) >= 11 is 17.9. The summed E-state index contributed by atoms with van der Waals surface area (Å²) in [4.78, 5) is 0. The van der Waals surface area contributed by atoms with E-state index in [1.165, 1.54) is 0 Å². The molecule has 2 aromatic rings. The minimum atomic E-state index is -0.0622. The first-order valence-corrected chi connectivity index (χ1v) is 6.78. The van der Waals surface area contributed by atoms with Crippen molar-refractivity contribution in [3.63, 3.8) is 0 Å². The summed E-state index contributed by atoms with van der Waals surface area (Å²) < 4.78 is 5.71. The first-order chi connectivity index (χ1) is 8.97. The molecule has 0 bridgehead atoms. The molecule has 0 fully saturated rings. The lowest BCUT2D eigenvalue weighted by molar-refractivity contribution is 0.481. The summed E-state index contributed by atoms with van der Waals surface area (Å²) in [6.07, 6.45) is 0. The van der Waals surface area contributed by atoms with Gasteiger partial charge < -0.3 is 10.5 Å². The summed E-state index contributed by atoms with van der Waals surface area (Å²) in [5.74, 6) is 1.10. The van der Waals surface area contributed by atoms with Gasteiger partial charge in [0.25, 0.3) is 0 Å². The summed E-state index contributed by atoms with van der Waals surface area (Å²) in [6.45, 7) is 1.91. The van der Waals surface area contributed by atoms with Crippen molar-refractivity contribution < 1.29 is 4.74 Å². The van der Waals surface area contributed by atoms with Gasteiger partial charge in [0.15, 0.2) is 0 Å². The quantitative estimate of drug-likeness (QED) is 0.763. The third-order valence-corrected chi connectivity index (χ3v) is 3.60. The van der Waals surface area contributed by atoms with E-state index in [4.69, 9.17) is 45.3 Å². The minimum Gasteiger partial charge on any atom is -0.456 e. The van der Waals surface area contributed by atoms with Gasteiger partial charge in [-0.15, -0.1) is 0 Å². The van der Waals surface area contributed by atoms with Gasteiger partial charge in [-0.3, -0.25) is 0 Å². The van der Waals surface area contributed by atoms with E-state index in [1.807, 2.05) is 31.2 Å². The van der Waals surface area contributed by atoms with E-state index >= 15 is 0 Å². The van der Waals surface area contributed by atoms with Crippen molar-refractivity contribution in [3.8, 4) is 11.5 Å². The maximum Gasteiger partial charge on any atom is 0.147 e. The third kappa shape index (κ3) is 3.54. The molecular formula is C14H12Cl3NO. The van der Waals surface area contributed by atoms with Gasteiger partial charge in [-0.2, -0.15) is 0 Å². The number of ether oxygens (including phenoxy) is 1. The molecule has 0 heterocycles. The number of benzene rings is 2. The molecule has 2 rings (SSSR count). The second-order valence-corrected chi connectivity index (χ2v) is 5.38. The van der Waals surface area contributed by atoms with Gasteiger partial charge in [-0.1, -0.05) is 46.9 Å². The highest BCUT2D eigenvalue weighted by Crippen LogP contribution is 2.36. The highest BCUT2D eigenvalue weighted by atomic mass is 35.5. The number of hydrogen-bond donors (Lipinski definition) is 1. The van der Waals surface area contributed by atoms with Crippen LogP contribution in [0.4, 0.5) is 0 Å². The molecule has 0 spiro atoms. The van der Waals surface area contributed by atoms with Crippen LogP contribution >= 0.6 is 34.8 Å². The monoisotopic (exact) mass is 315 g/mol. The average Bonchev–Trinajstić information content (AvgIpc) is 2.36. The number of rotatable bonds is 3. The summed E-state index contributed by atoms with van der Waals surface area (Å²) in [7, 11) is 0. The fourth-order valence-electron chi connectivity index (χ4n) is 1.57. The molecule has 2 N–H and O–H groups in total. The van der Waals surface area contributed by atoms with Gasteiger partial charge >= 0.3 is 0 Å². The Kier molecular flexibility index (Phi) is 4.58. The fourth-order valence-corrected chi connectivity index (χ4v) is 2.15. The van der Waals surface area contributed by atoms with E-state index in [9.17, 15) is 0 Å². The Bertz CT molecular complexity index is 599. The van der Waals surface area contributed by atoms with E-state index in [-0.39, 0.29) is 6.04 Å². The van der Waals surface area contributed by atoms with Crippen molar-refractivity contribution in [1.82, 2.24) is 0 Å². The Balaban J connectivity index is 2.31. The lowest BCUT2D eigenvalue weighted by atomic mass is 10.1. The van der Waals surface area contributed by atoms with E-state index in [2.05, 4.69) is 0 Å². The molecule has 2 nitrogen and oxygen atoms in total. The van der Waals surface area contributed by atoms with E-state index < -0.39 is 0 Å². The molecule has 100 valence electrons. The zero-order chi connectivity index (χ0) is 14.0. The predicted molar refractivity (Wildman–Crippen MR) is 80.6 cm³/mol. The first kappa shape index (κ1) is 14.5. The third-order valence-electron chi connectivity index (χ3n) is 2.59. The largest absolute Gasteiger partial charge is 0.456 e. The summed E-state index contributed by atoms with van der Waals surface area (Å²) in [5, 5.41) is 1.19. The van der Waals surface area contributed by atoms with Crippen molar-refractivity contribution >= 4 is 34.8 Å². The molecule has 5 heteroatoms. The number of hydrogen-bond acceptors (Lipinski definition) is 2. The normalized spacial score (nSPS) is 12.3. The van der Waals surface area contributed by atoms with Gasteiger partial charge in [0.05, 0.1) is 15.1 Å². The van der Waals surface area contributed by atoms with Crippen LogP contribution in [0.2, 0.25) is 15.1 Å². The molecule has 19 heavy (non-hydrogen) atoms. The van der Waals surface area contributed by atoms with E-state index in [0.717, 1.165) is 5.56 Å². The zero-order valence-electron chi connectivity index (χ0n) is 10.2. The number of halogens is 3. The van der Waals surface area contributed by atoms with Crippen molar-refractivity contribution in [2.75, 3.05) is 0 Å². The number of nitrogens with two attached hydrogens (primary N) is 1. The Labute approximate surface area is 127 Å². The molecule has 1 atom stereocenters. The molecule has 0 aromatic heterocycles. The van der Waals surface area contributed by atoms with Gasteiger partial charge in [0, 0.05) is 12.1 Å². The molecule has 1 unspecified atom stereocenters. The van der Waals surface area contributed by atoms with Gasteiger partial charge in [-0.05, 0) is 30.7 Å². The Morgan fingerprint density at radius 3 is 2.37 bits per heavy atom. The van der Waals surface area contributed by atoms with Crippen LogP contribution in [0.15, 0.2) is 36.4 Å². The van der Waals surface area contributed by atoms with Crippen LogP contribution in [0.3, 0.4) is 0 Å². The lowest BCUT2D eigenvalue weighted by Crippen LogP contribution is -2.04. The summed E-state index contributed by atoms with van der Waals surface area (Å²) in [6, 6.07) is 10.6. The standard InChI is InChI=1S/C14H12Cl3NO/c1-8(18)9-3-2-4-10(5-9)19-14-7-12(16)11(15)6-13(14)17/h2-8H,18H2,1H3. The highest BCUT2D eigenvalue weighted by Gasteiger charge is 2.09. The van der Waals surface area contributed by atoms with Gasteiger partial charge in [0.1, 0.15) is 11.5 Å². The summed E-state index contributed by atoms with van der Waals surface area (Å²) in [5.41, 5.74) is 6.81. The molecule has 0 amide bonds. The topological polar surface area (TPSA) is 35.2 Å². The molecule has 2 aromatic carbocycles. The molecule has 0 saturated carbocycles. The fraction of sp³-hybridized carbons (Fsp3) is 0.143.